The average molecular weight is 306 g/mol. The zero-order valence-electron chi connectivity index (χ0n) is 12.8. The Balaban J connectivity index is 1.81. The van der Waals surface area contributed by atoms with Crippen LogP contribution in [0.2, 0.25) is 0 Å². The Hall–Kier alpha value is -3.14. The number of rotatable bonds is 4. The van der Waals surface area contributed by atoms with Gasteiger partial charge in [0.2, 0.25) is 0 Å². The maximum atomic E-state index is 5.90. The van der Waals surface area contributed by atoms with Crippen molar-refractivity contribution < 1.29 is 9.47 Å². The molecule has 0 saturated heterocycles. The van der Waals surface area contributed by atoms with Crippen molar-refractivity contribution in [2.45, 2.75) is 6.92 Å². The molecule has 3 aromatic carbocycles. The van der Waals surface area contributed by atoms with E-state index in [-0.39, 0.29) is 0 Å². The van der Waals surface area contributed by atoms with Crippen LogP contribution in [0.15, 0.2) is 66.7 Å². The van der Waals surface area contributed by atoms with Crippen LogP contribution < -0.4 is 20.9 Å². The molecule has 0 unspecified atom stereocenters. The topological polar surface area (TPSA) is 70.5 Å². The molecule has 0 aliphatic heterocycles. The zero-order valence-corrected chi connectivity index (χ0v) is 12.8. The van der Waals surface area contributed by atoms with Gasteiger partial charge in [0, 0.05) is 0 Å². The lowest BCUT2D eigenvalue weighted by Crippen LogP contribution is -1.94. The maximum absolute atomic E-state index is 5.90. The minimum atomic E-state index is 0.600. The van der Waals surface area contributed by atoms with Crippen LogP contribution in [0, 0.1) is 6.92 Å². The molecule has 0 amide bonds. The van der Waals surface area contributed by atoms with Crippen LogP contribution in [0.25, 0.3) is 0 Å². The summed E-state index contributed by atoms with van der Waals surface area (Å²) in [7, 11) is 0. The van der Waals surface area contributed by atoms with E-state index in [4.69, 9.17) is 20.9 Å². The molecule has 0 spiro atoms. The van der Waals surface area contributed by atoms with Gasteiger partial charge >= 0.3 is 0 Å². The highest BCUT2D eigenvalue weighted by atomic mass is 16.5. The molecule has 4 heteroatoms. The fourth-order valence-electron chi connectivity index (χ4n) is 2.19. The molecular formula is C19H18N2O2. The molecule has 0 fully saturated rings. The van der Waals surface area contributed by atoms with Crippen molar-refractivity contribution in [2.24, 2.45) is 0 Å². The smallest absolute Gasteiger partial charge is 0.150 e. The van der Waals surface area contributed by atoms with E-state index in [2.05, 4.69) is 0 Å². The van der Waals surface area contributed by atoms with Crippen molar-refractivity contribution in [3.05, 3.63) is 72.3 Å². The lowest BCUT2D eigenvalue weighted by atomic mass is 10.2. The minimum Gasteiger partial charge on any atom is -0.455 e. The molecule has 3 rings (SSSR count). The summed E-state index contributed by atoms with van der Waals surface area (Å²) in [6, 6.07) is 20.4. The number of nitrogens with two attached hydrogens (primary N) is 2. The van der Waals surface area contributed by atoms with E-state index in [0.717, 1.165) is 11.3 Å². The predicted octanol–water partition coefficient (Wildman–Crippen LogP) is 4.74. The first kappa shape index (κ1) is 14.8. The van der Waals surface area contributed by atoms with Crippen LogP contribution >= 0.6 is 0 Å². The second-order valence-corrected chi connectivity index (χ2v) is 5.21. The molecule has 4 N–H and O–H groups in total. The second kappa shape index (κ2) is 6.32. The Morgan fingerprint density at radius 3 is 1.78 bits per heavy atom. The molecule has 0 saturated carbocycles. The predicted molar refractivity (Wildman–Crippen MR) is 93.0 cm³/mol. The number of nitrogen functional groups attached to an aromatic ring is 2. The van der Waals surface area contributed by atoms with Crippen LogP contribution in [-0.2, 0) is 0 Å². The summed E-state index contributed by atoms with van der Waals surface area (Å²) in [5.74, 6) is 2.70. The quantitative estimate of drug-likeness (QED) is 0.683. The molecule has 3 aromatic rings. The Morgan fingerprint density at radius 1 is 0.652 bits per heavy atom. The third-order valence-electron chi connectivity index (χ3n) is 3.43. The second-order valence-electron chi connectivity index (χ2n) is 5.21. The first-order valence-corrected chi connectivity index (χ1v) is 7.29. The molecule has 0 bridgehead atoms. The maximum Gasteiger partial charge on any atom is 0.150 e. The number of aryl methyl sites for hydroxylation is 1. The van der Waals surface area contributed by atoms with Gasteiger partial charge in [-0.3, -0.25) is 0 Å². The van der Waals surface area contributed by atoms with E-state index in [9.17, 15) is 0 Å². The summed E-state index contributed by atoms with van der Waals surface area (Å²) in [5.41, 5.74) is 13.9. The van der Waals surface area contributed by atoms with Gasteiger partial charge in [0.15, 0.2) is 0 Å². The SMILES string of the molecule is Cc1cc(Oc2ccccc2N)ccc1Oc1ccccc1N. The first-order chi connectivity index (χ1) is 11.1. The van der Waals surface area contributed by atoms with Gasteiger partial charge in [-0.05, 0) is 55.0 Å². The monoisotopic (exact) mass is 306 g/mol. The van der Waals surface area contributed by atoms with Gasteiger partial charge in [0.25, 0.3) is 0 Å². The zero-order chi connectivity index (χ0) is 16.2. The minimum absolute atomic E-state index is 0.600. The molecule has 116 valence electrons. The van der Waals surface area contributed by atoms with E-state index in [1.165, 1.54) is 0 Å². The van der Waals surface area contributed by atoms with Gasteiger partial charge in [-0.15, -0.1) is 0 Å². The van der Waals surface area contributed by atoms with Gasteiger partial charge in [0.05, 0.1) is 11.4 Å². The van der Waals surface area contributed by atoms with Gasteiger partial charge in [-0.1, -0.05) is 24.3 Å². The Labute approximate surface area is 135 Å². The van der Waals surface area contributed by atoms with Crippen LogP contribution in [0.4, 0.5) is 11.4 Å². The highest BCUT2D eigenvalue weighted by Gasteiger charge is 2.07. The van der Waals surface area contributed by atoms with Crippen LogP contribution in [0.1, 0.15) is 5.56 Å². The molecule has 0 aromatic heterocycles. The van der Waals surface area contributed by atoms with Crippen molar-refractivity contribution in [1.29, 1.82) is 0 Å². The van der Waals surface area contributed by atoms with E-state index >= 15 is 0 Å². The number of hydrogen-bond donors (Lipinski definition) is 2. The normalized spacial score (nSPS) is 10.3. The van der Waals surface area contributed by atoms with E-state index < -0.39 is 0 Å². The van der Waals surface area contributed by atoms with Gasteiger partial charge < -0.3 is 20.9 Å². The number of para-hydroxylation sites is 4. The fraction of sp³-hybridized carbons (Fsp3) is 0.0526. The Morgan fingerprint density at radius 2 is 1.22 bits per heavy atom. The molecular weight excluding hydrogens is 288 g/mol. The molecule has 0 heterocycles. The Bertz CT molecular complexity index is 831. The number of anilines is 2. The van der Waals surface area contributed by atoms with Gasteiger partial charge in [0.1, 0.15) is 23.0 Å². The Kier molecular flexibility index (Phi) is 4.06. The molecule has 0 aliphatic carbocycles. The first-order valence-electron chi connectivity index (χ1n) is 7.29. The van der Waals surface area contributed by atoms with Crippen molar-refractivity contribution >= 4 is 11.4 Å². The van der Waals surface area contributed by atoms with Crippen LogP contribution in [-0.4, -0.2) is 0 Å². The summed E-state index contributed by atoms with van der Waals surface area (Å²) in [4.78, 5) is 0. The number of hydrogen-bond acceptors (Lipinski definition) is 4. The largest absolute Gasteiger partial charge is 0.455 e. The van der Waals surface area contributed by atoms with Crippen molar-refractivity contribution in [3.8, 4) is 23.0 Å². The van der Waals surface area contributed by atoms with Gasteiger partial charge in [-0.2, -0.15) is 0 Å². The average Bonchev–Trinajstić information content (AvgIpc) is 2.54. The lowest BCUT2D eigenvalue weighted by molar-refractivity contribution is 0.468. The summed E-state index contributed by atoms with van der Waals surface area (Å²) in [6.07, 6.45) is 0. The molecule has 4 nitrogen and oxygen atoms in total. The standard InChI is InChI=1S/C19H18N2O2/c1-13-12-14(22-18-8-4-2-6-15(18)20)10-11-17(13)23-19-9-5-3-7-16(19)21/h2-12H,20-21H2,1H3. The van der Waals surface area contributed by atoms with E-state index in [1.807, 2.05) is 61.5 Å². The van der Waals surface area contributed by atoms with Crippen LogP contribution in [0.5, 0.6) is 23.0 Å². The highest BCUT2D eigenvalue weighted by molar-refractivity contribution is 5.56. The van der Waals surface area contributed by atoms with Crippen molar-refractivity contribution in [2.75, 3.05) is 11.5 Å². The summed E-state index contributed by atoms with van der Waals surface area (Å²) < 4.78 is 11.7. The van der Waals surface area contributed by atoms with E-state index in [1.54, 1.807) is 12.1 Å². The third kappa shape index (κ3) is 3.37. The van der Waals surface area contributed by atoms with Crippen molar-refractivity contribution in [1.82, 2.24) is 0 Å². The third-order valence-corrected chi connectivity index (χ3v) is 3.43. The number of benzene rings is 3. The summed E-state index contributed by atoms with van der Waals surface area (Å²) in [5, 5.41) is 0. The summed E-state index contributed by atoms with van der Waals surface area (Å²) in [6.45, 7) is 1.95. The van der Waals surface area contributed by atoms with Crippen molar-refractivity contribution in [3.63, 3.8) is 0 Å². The molecule has 23 heavy (non-hydrogen) atoms. The van der Waals surface area contributed by atoms with Gasteiger partial charge in [-0.25, -0.2) is 0 Å². The summed E-state index contributed by atoms with van der Waals surface area (Å²) >= 11 is 0. The molecule has 0 aliphatic rings. The molecule has 0 atom stereocenters. The highest BCUT2D eigenvalue weighted by Crippen LogP contribution is 2.33. The number of ether oxygens (including phenoxy) is 2. The lowest BCUT2D eigenvalue weighted by Gasteiger charge is -2.13. The molecule has 0 radical (unpaired) electrons. The van der Waals surface area contributed by atoms with Crippen LogP contribution in [0.3, 0.4) is 0 Å². The van der Waals surface area contributed by atoms with E-state index in [0.29, 0.717) is 28.6 Å². The fourth-order valence-corrected chi connectivity index (χ4v) is 2.19.